The summed E-state index contributed by atoms with van der Waals surface area (Å²) in [5, 5.41) is 11.4. The van der Waals surface area contributed by atoms with Gasteiger partial charge in [0.2, 0.25) is 11.8 Å². The van der Waals surface area contributed by atoms with E-state index in [4.69, 9.17) is 0 Å². The molecule has 1 unspecified atom stereocenters. The number of hydrogen-bond acceptors (Lipinski definition) is 4. The Hall–Kier alpha value is -2.96. The summed E-state index contributed by atoms with van der Waals surface area (Å²) in [6, 6.07) is 9.28. The Kier molecular flexibility index (Phi) is 4.65. The van der Waals surface area contributed by atoms with E-state index in [1.54, 1.807) is 4.90 Å². The van der Waals surface area contributed by atoms with E-state index >= 15 is 0 Å². The van der Waals surface area contributed by atoms with Gasteiger partial charge in [0.15, 0.2) is 5.82 Å². The van der Waals surface area contributed by atoms with Crippen LogP contribution in [0.5, 0.6) is 0 Å². The lowest BCUT2D eigenvalue weighted by molar-refractivity contribution is -0.139. The van der Waals surface area contributed by atoms with Crippen molar-refractivity contribution in [1.82, 2.24) is 25.0 Å². The van der Waals surface area contributed by atoms with Crippen LogP contribution in [0.2, 0.25) is 0 Å². The predicted molar refractivity (Wildman–Crippen MR) is 92.4 cm³/mol. The fourth-order valence-electron chi connectivity index (χ4n) is 2.83. The topological polar surface area (TPSA) is 80.1 Å². The minimum atomic E-state index is -0.385. The minimum Gasteiger partial charge on any atom is -0.342 e. The van der Waals surface area contributed by atoms with Gasteiger partial charge in [-0.25, -0.2) is 0 Å². The molecule has 1 saturated heterocycles. The fourth-order valence-corrected chi connectivity index (χ4v) is 2.83. The Morgan fingerprint density at radius 3 is 2.52 bits per heavy atom. The maximum absolute atomic E-state index is 12.6. The lowest BCUT2D eigenvalue weighted by atomic mass is 9.97. The first-order valence-corrected chi connectivity index (χ1v) is 8.13. The number of aryl methyl sites for hydroxylation is 1. The molecule has 1 aliphatic heterocycles. The standard InChI is InChI=1S/C18H21N5O2/c1-4-15(24)23-10-14(11-23)18(25)19-16(13-8-6-5-7-9-13)17-21-20-12(2)22(17)3/h4-9,14,16H,1,10-11H2,2-3H3,(H,19,25). The van der Waals surface area contributed by atoms with Gasteiger partial charge in [-0.1, -0.05) is 36.9 Å². The summed E-state index contributed by atoms with van der Waals surface area (Å²) in [5.74, 6) is 0.992. The summed E-state index contributed by atoms with van der Waals surface area (Å²) in [4.78, 5) is 25.8. The number of carbonyl (C=O) groups is 2. The van der Waals surface area contributed by atoms with Crippen molar-refractivity contribution in [2.45, 2.75) is 13.0 Å². The van der Waals surface area contributed by atoms with Gasteiger partial charge in [0.05, 0.1) is 5.92 Å². The van der Waals surface area contributed by atoms with Crippen LogP contribution in [0.15, 0.2) is 43.0 Å². The van der Waals surface area contributed by atoms with Gasteiger partial charge in [-0.15, -0.1) is 10.2 Å². The minimum absolute atomic E-state index is 0.0948. The molecule has 0 bridgehead atoms. The highest BCUT2D eigenvalue weighted by atomic mass is 16.2. The van der Waals surface area contributed by atoms with Gasteiger partial charge in [-0.3, -0.25) is 9.59 Å². The van der Waals surface area contributed by atoms with Crippen LogP contribution in [0, 0.1) is 12.8 Å². The van der Waals surface area contributed by atoms with Crippen LogP contribution in [0.1, 0.15) is 23.3 Å². The highest BCUT2D eigenvalue weighted by molar-refractivity contribution is 5.90. The largest absolute Gasteiger partial charge is 0.342 e. The van der Waals surface area contributed by atoms with Crippen molar-refractivity contribution < 1.29 is 9.59 Å². The molecule has 25 heavy (non-hydrogen) atoms. The maximum atomic E-state index is 12.6. The second-order valence-corrected chi connectivity index (χ2v) is 6.16. The van der Waals surface area contributed by atoms with Gasteiger partial charge in [0, 0.05) is 20.1 Å². The van der Waals surface area contributed by atoms with Crippen molar-refractivity contribution >= 4 is 11.8 Å². The highest BCUT2D eigenvalue weighted by Crippen LogP contribution is 2.23. The maximum Gasteiger partial charge on any atom is 0.246 e. The average molecular weight is 339 g/mol. The first kappa shape index (κ1) is 16.9. The zero-order valence-electron chi connectivity index (χ0n) is 14.3. The number of likely N-dealkylation sites (tertiary alicyclic amines) is 1. The Morgan fingerprint density at radius 2 is 1.96 bits per heavy atom. The van der Waals surface area contributed by atoms with Crippen molar-refractivity contribution in [2.75, 3.05) is 13.1 Å². The molecule has 0 spiro atoms. The lowest BCUT2D eigenvalue weighted by Gasteiger charge is -2.38. The molecule has 1 aromatic heterocycles. The summed E-state index contributed by atoms with van der Waals surface area (Å²) >= 11 is 0. The fraction of sp³-hybridized carbons (Fsp3) is 0.333. The molecule has 1 N–H and O–H groups in total. The number of benzene rings is 1. The van der Waals surface area contributed by atoms with E-state index in [1.807, 2.05) is 48.9 Å². The number of aromatic nitrogens is 3. The molecule has 0 aliphatic carbocycles. The number of rotatable bonds is 5. The lowest BCUT2D eigenvalue weighted by Crippen LogP contribution is -2.55. The van der Waals surface area contributed by atoms with Crippen molar-refractivity contribution in [2.24, 2.45) is 13.0 Å². The molecule has 130 valence electrons. The van der Waals surface area contributed by atoms with Gasteiger partial charge in [-0.05, 0) is 18.6 Å². The quantitative estimate of drug-likeness (QED) is 0.823. The molecule has 7 heteroatoms. The summed E-state index contributed by atoms with van der Waals surface area (Å²) in [6.45, 7) is 6.16. The number of hydrogen-bond donors (Lipinski definition) is 1. The number of amides is 2. The van der Waals surface area contributed by atoms with Crippen molar-refractivity contribution in [3.63, 3.8) is 0 Å². The molecular weight excluding hydrogens is 318 g/mol. The van der Waals surface area contributed by atoms with Crippen LogP contribution in [0.4, 0.5) is 0 Å². The van der Waals surface area contributed by atoms with Crippen LogP contribution in [0.25, 0.3) is 0 Å². The van der Waals surface area contributed by atoms with Gasteiger partial charge in [-0.2, -0.15) is 0 Å². The number of nitrogens with one attached hydrogen (secondary N) is 1. The van der Waals surface area contributed by atoms with E-state index in [-0.39, 0.29) is 23.8 Å². The van der Waals surface area contributed by atoms with E-state index in [2.05, 4.69) is 22.1 Å². The van der Waals surface area contributed by atoms with E-state index in [1.165, 1.54) is 6.08 Å². The highest BCUT2D eigenvalue weighted by Gasteiger charge is 2.36. The van der Waals surface area contributed by atoms with Crippen LogP contribution in [-0.4, -0.2) is 44.6 Å². The smallest absolute Gasteiger partial charge is 0.246 e. The Morgan fingerprint density at radius 1 is 1.28 bits per heavy atom. The summed E-state index contributed by atoms with van der Waals surface area (Å²) in [5.41, 5.74) is 0.935. The molecule has 3 rings (SSSR count). The van der Waals surface area contributed by atoms with E-state index in [9.17, 15) is 9.59 Å². The molecule has 1 aromatic carbocycles. The summed E-state index contributed by atoms with van der Waals surface area (Å²) in [6.07, 6.45) is 1.27. The zero-order chi connectivity index (χ0) is 18.0. The third kappa shape index (κ3) is 3.31. The van der Waals surface area contributed by atoms with E-state index in [0.717, 1.165) is 11.4 Å². The van der Waals surface area contributed by atoms with Gasteiger partial charge >= 0.3 is 0 Å². The Bertz CT molecular complexity index is 793. The summed E-state index contributed by atoms with van der Waals surface area (Å²) in [7, 11) is 1.88. The Labute approximate surface area is 146 Å². The number of nitrogens with zero attached hydrogens (tertiary/aromatic N) is 4. The van der Waals surface area contributed by atoms with E-state index in [0.29, 0.717) is 18.9 Å². The molecule has 2 heterocycles. The van der Waals surface area contributed by atoms with E-state index < -0.39 is 0 Å². The van der Waals surface area contributed by atoms with Crippen LogP contribution in [0.3, 0.4) is 0 Å². The van der Waals surface area contributed by atoms with Crippen LogP contribution < -0.4 is 5.32 Å². The zero-order valence-corrected chi connectivity index (χ0v) is 14.3. The molecule has 1 fully saturated rings. The Balaban J connectivity index is 1.77. The molecule has 2 amide bonds. The van der Waals surface area contributed by atoms with Crippen LogP contribution in [-0.2, 0) is 16.6 Å². The van der Waals surface area contributed by atoms with Crippen molar-refractivity contribution in [3.8, 4) is 0 Å². The SMILES string of the molecule is C=CC(=O)N1CC(C(=O)NC(c2ccccc2)c2nnc(C)n2C)C1. The molecule has 1 aliphatic rings. The van der Waals surface area contributed by atoms with Gasteiger partial charge in [0.1, 0.15) is 11.9 Å². The van der Waals surface area contributed by atoms with Crippen LogP contribution >= 0.6 is 0 Å². The average Bonchev–Trinajstić information content (AvgIpc) is 2.91. The summed E-state index contributed by atoms with van der Waals surface area (Å²) < 4.78 is 1.87. The van der Waals surface area contributed by atoms with Gasteiger partial charge in [0.25, 0.3) is 0 Å². The second kappa shape index (κ2) is 6.88. The molecule has 1 atom stereocenters. The first-order valence-electron chi connectivity index (χ1n) is 8.13. The third-order valence-electron chi connectivity index (χ3n) is 4.54. The molecular formula is C18H21N5O2. The first-order chi connectivity index (χ1) is 12.0. The normalized spacial score (nSPS) is 15.4. The third-order valence-corrected chi connectivity index (χ3v) is 4.54. The monoisotopic (exact) mass is 339 g/mol. The second-order valence-electron chi connectivity index (χ2n) is 6.16. The predicted octanol–water partition coefficient (Wildman–Crippen LogP) is 0.974. The molecule has 0 saturated carbocycles. The molecule has 2 aromatic rings. The van der Waals surface area contributed by atoms with Crippen molar-refractivity contribution in [3.05, 3.63) is 60.2 Å². The molecule has 0 radical (unpaired) electrons. The van der Waals surface area contributed by atoms with Gasteiger partial charge < -0.3 is 14.8 Å². The number of carbonyl (C=O) groups excluding carboxylic acids is 2. The molecule has 7 nitrogen and oxygen atoms in total. The van der Waals surface area contributed by atoms with Crippen molar-refractivity contribution in [1.29, 1.82) is 0 Å².